The zero-order valence-electron chi connectivity index (χ0n) is 14.4. The van der Waals surface area contributed by atoms with Gasteiger partial charge in [-0.2, -0.15) is 0 Å². The summed E-state index contributed by atoms with van der Waals surface area (Å²) in [5.74, 6) is 0.219. The number of hydrogen-bond donors (Lipinski definition) is 0. The molecule has 0 aliphatic carbocycles. The minimum absolute atomic E-state index is 0.0110. The Labute approximate surface area is 149 Å². The molecule has 6 nitrogen and oxygen atoms in total. The highest BCUT2D eigenvalue weighted by molar-refractivity contribution is 6.15. The first-order valence-electron chi connectivity index (χ1n) is 7.65. The molecule has 0 saturated carbocycles. The summed E-state index contributed by atoms with van der Waals surface area (Å²) in [6, 6.07) is 9.12. The first-order chi connectivity index (χ1) is 12.6. The number of nitrogens with zero attached hydrogens (tertiary/aromatic N) is 1. The molecule has 0 N–H and O–H groups in total. The number of benzene rings is 2. The molecule has 1 aliphatic heterocycles. The van der Waals surface area contributed by atoms with Crippen LogP contribution >= 0.6 is 0 Å². The smallest absolute Gasteiger partial charge is 0.363 e. The van der Waals surface area contributed by atoms with E-state index in [-0.39, 0.29) is 11.6 Å². The van der Waals surface area contributed by atoms with E-state index in [1.165, 1.54) is 45.6 Å². The van der Waals surface area contributed by atoms with Crippen LogP contribution in [0.4, 0.5) is 4.39 Å². The van der Waals surface area contributed by atoms with Gasteiger partial charge < -0.3 is 18.9 Å². The molecule has 2 aromatic rings. The van der Waals surface area contributed by atoms with E-state index in [2.05, 4.69) is 4.99 Å². The lowest BCUT2D eigenvalue weighted by molar-refractivity contribution is -0.129. The number of carbonyl (C=O) groups is 1. The number of halogens is 1. The van der Waals surface area contributed by atoms with Gasteiger partial charge in [0, 0.05) is 5.56 Å². The maximum atomic E-state index is 13.5. The van der Waals surface area contributed by atoms with Gasteiger partial charge >= 0.3 is 5.97 Å². The van der Waals surface area contributed by atoms with Gasteiger partial charge in [-0.3, -0.25) is 0 Å². The van der Waals surface area contributed by atoms with Crippen LogP contribution in [0.25, 0.3) is 6.08 Å². The standard InChI is InChI=1S/C19H16FNO5/c1-23-14-8-7-12(20)9-11(14)10-13-19(22)26-18(21-13)17-15(24-2)5-4-6-16(17)25-3/h4-10H,1-3H3/b13-10+. The summed E-state index contributed by atoms with van der Waals surface area (Å²) in [6.07, 6.45) is 1.40. The van der Waals surface area contributed by atoms with E-state index in [9.17, 15) is 9.18 Å². The molecule has 1 heterocycles. The van der Waals surface area contributed by atoms with E-state index in [1.807, 2.05) is 0 Å². The Bertz CT molecular complexity index is 898. The number of methoxy groups -OCH3 is 3. The number of rotatable bonds is 5. The van der Waals surface area contributed by atoms with E-state index in [4.69, 9.17) is 18.9 Å². The summed E-state index contributed by atoms with van der Waals surface area (Å²) in [5.41, 5.74) is 0.800. The number of cyclic esters (lactones) is 1. The van der Waals surface area contributed by atoms with Crippen molar-refractivity contribution in [2.45, 2.75) is 0 Å². The molecule has 0 bridgehead atoms. The molecular formula is C19H16FNO5. The van der Waals surface area contributed by atoms with Crippen molar-refractivity contribution >= 4 is 17.9 Å². The van der Waals surface area contributed by atoms with Crippen LogP contribution in [0.3, 0.4) is 0 Å². The molecule has 0 fully saturated rings. The second-order valence-corrected chi connectivity index (χ2v) is 5.26. The molecular weight excluding hydrogens is 341 g/mol. The van der Waals surface area contributed by atoms with Crippen LogP contribution in [-0.2, 0) is 9.53 Å². The normalized spacial score (nSPS) is 14.8. The molecule has 0 unspecified atom stereocenters. The van der Waals surface area contributed by atoms with Crippen LogP contribution in [0.1, 0.15) is 11.1 Å². The van der Waals surface area contributed by atoms with Gasteiger partial charge in [0.15, 0.2) is 5.70 Å². The number of carbonyl (C=O) groups excluding carboxylic acids is 1. The van der Waals surface area contributed by atoms with E-state index >= 15 is 0 Å². The average Bonchev–Trinajstić information content (AvgIpc) is 3.01. The maximum Gasteiger partial charge on any atom is 0.363 e. The molecule has 0 spiro atoms. The maximum absolute atomic E-state index is 13.5. The van der Waals surface area contributed by atoms with Gasteiger partial charge in [-0.25, -0.2) is 14.2 Å². The quantitative estimate of drug-likeness (QED) is 0.607. The lowest BCUT2D eigenvalue weighted by Gasteiger charge is -2.11. The second kappa shape index (κ2) is 7.26. The number of aliphatic imine (C=N–C) groups is 1. The Morgan fingerprint density at radius 2 is 1.65 bits per heavy atom. The van der Waals surface area contributed by atoms with Crippen LogP contribution in [-0.4, -0.2) is 33.2 Å². The summed E-state index contributed by atoms with van der Waals surface area (Å²) < 4.78 is 34.6. The van der Waals surface area contributed by atoms with Gasteiger partial charge in [0.25, 0.3) is 0 Å². The zero-order valence-corrected chi connectivity index (χ0v) is 14.4. The van der Waals surface area contributed by atoms with Gasteiger partial charge in [0.05, 0.1) is 21.3 Å². The van der Waals surface area contributed by atoms with Crippen LogP contribution in [0, 0.1) is 5.82 Å². The minimum atomic E-state index is -0.667. The minimum Gasteiger partial charge on any atom is -0.496 e. The second-order valence-electron chi connectivity index (χ2n) is 5.26. The van der Waals surface area contributed by atoms with Crippen molar-refractivity contribution in [3.8, 4) is 17.2 Å². The third-order valence-corrected chi connectivity index (χ3v) is 3.75. The predicted molar refractivity (Wildman–Crippen MR) is 93.1 cm³/mol. The van der Waals surface area contributed by atoms with E-state index in [0.717, 1.165) is 0 Å². The number of hydrogen-bond acceptors (Lipinski definition) is 6. The Morgan fingerprint density at radius 3 is 2.27 bits per heavy atom. The van der Waals surface area contributed by atoms with Crippen molar-refractivity contribution in [3.05, 3.63) is 59.0 Å². The SMILES string of the molecule is COc1ccc(F)cc1/C=C1/N=C(c2c(OC)cccc2OC)OC1=O. The first-order valence-corrected chi connectivity index (χ1v) is 7.65. The molecule has 0 saturated heterocycles. The summed E-state index contributed by atoms with van der Waals surface area (Å²) >= 11 is 0. The fraction of sp³-hybridized carbons (Fsp3) is 0.158. The van der Waals surface area contributed by atoms with Gasteiger partial charge in [0.1, 0.15) is 28.6 Å². The van der Waals surface area contributed by atoms with Crippen LogP contribution in [0.5, 0.6) is 17.2 Å². The van der Waals surface area contributed by atoms with Gasteiger partial charge in [0.2, 0.25) is 5.90 Å². The summed E-state index contributed by atoms with van der Waals surface area (Å²) in [5, 5.41) is 0. The Morgan fingerprint density at radius 1 is 1.00 bits per heavy atom. The molecule has 26 heavy (non-hydrogen) atoms. The van der Waals surface area contributed by atoms with Crippen molar-refractivity contribution in [1.29, 1.82) is 0 Å². The van der Waals surface area contributed by atoms with Crippen LogP contribution in [0.15, 0.2) is 47.1 Å². The Balaban J connectivity index is 2.08. The van der Waals surface area contributed by atoms with Gasteiger partial charge in [-0.1, -0.05) is 6.07 Å². The molecule has 7 heteroatoms. The third kappa shape index (κ3) is 3.23. The highest BCUT2D eigenvalue weighted by Gasteiger charge is 2.29. The molecule has 134 valence electrons. The van der Waals surface area contributed by atoms with Crippen molar-refractivity contribution in [2.75, 3.05) is 21.3 Å². The zero-order chi connectivity index (χ0) is 18.7. The number of ether oxygens (including phenoxy) is 4. The lowest BCUT2D eigenvalue weighted by atomic mass is 10.1. The fourth-order valence-electron chi connectivity index (χ4n) is 2.54. The molecule has 0 amide bonds. The first kappa shape index (κ1) is 17.5. The van der Waals surface area contributed by atoms with Crippen molar-refractivity contribution in [1.82, 2.24) is 0 Å². The molecule has 1 aliphatic rings. The molecule has 2 aromatic carbocycles. The van der Waals surface area contributed by atoms with Crippen LogP contribution in [0.2, 0.25) is 0 Å². The largest absolute Gasteiger partial charge is 0.496 e. The topological polar surface area (TPSA) is 66.3 Å². The molecule has 3 rings (SSSR count). The van der Waals surface area contributed by atoms with Gasteiger partial charge in [-0.05, 0) is 36.4 Å². The van der Waals surface area contributed by atoms with Gasteiger partial charge in [-0.15, -0.1) is 0 Å². The average molecular weight is 357 g/mol. The predicted octanol–water partition coefficient (Wildman–Crippen LogP) is 3.20. The summed E-state index contributed by atoms with van der Waals surface area (Å²) in [4.78, 5) is 16.4. The molecule has 0 radical (unpaired) electrons. The number of esters is 1. The highest BCUT2D eigenvalue weighted by Crippen LogP contribution is 2.33. The highest BCUT2D eigenvalue weighted by atomic mass is 19.1. The lowest BCUT2D eigenvalue weighted by Crippen LogP contribution is -2.09. The van der Waals surface area contributed by atoms with Crippen LogP contribution < -0.4 is 14.2 Å². The van der Waals surface area contributed by atoms with Crippen molar-refractivity contribution in [2.24, 2.45) is 4.99 Å². The van der Waals surface area contributed by atoms with E-state index < -0.39 is 11.8 Å². The summed E-state index contributed by atoms with van der Waals surface area (Å²) in [6.45, 7) is 0. The molecule has 0 atom stereocenters. The third-order valence-electron chi connectivity index (χ3n) is 3.75. The fourth-order valence-corrected chi connectivity index (χ4v) is 2.54. The van der Waals surface area contributed by atoms with Crippen molar-refractivity contribution < 1.29 is 28.1 Å². The Kier molecular flexibility index (Phi) is 4.88. The van der Waals surface area contributed by atoms with E-state index in [1.54, 1.807) is 18.2 Å². The van der Waals surface area contributed by atoms with E-state index in [0.29, 0.717) is 28.4 Å². The molecule has 0 aromatic heterocycles. The van der Waals surface area contributed by atoms with Crippen molar-refractivity contribution in [3.63, 3.8) is 0 Å². The summed E-state index contributed by atoms with van der Waals surface area (Å²) in [7, 11) is 4.44. The Hall–Kier alpha value is -3.35. The monoisotopic (exact) mass is 357 g/mol.